The molecule has 0 aromatic carbocycles. The normalized spacial score (nSPS) is 18.7. The van der Waals surface area contributed by atoms with Gasteiger partial charge in [0.2, 0.25) is 0 Å². The van der Waals surface area contributed by atoms with Gasteiger partial charge < -0.3 is 10.2 Å². The predicted molar refractivity (Wildman–Crippen MR) is 80.3 cm³/mol. The maximum Gasteiger partial charge on any atom is 0.187 e. The molecule has 0 spiro atoms. The summed E-state index contributed by atoms with van der Waals surface area (Å²) in [4.78, 5) is 1.15. The number of hydrazone groups is 1. The summed E-state index contributed by atoms with van der Waals surface area (Å²) in [5, 5.41) is 8.50. The highest BCUT2D eigenvalue weighted by Crippen LogP contribution is 2.34. The number of aryl methyl sites for hydroxylation is 1. The lowest BCUT2D eigenvalue weighted by atomic mass is 10.1. The molecule has 1 aliphatic heterocycles. The van der Waals surface area contributed by atoms with Gasteiger partial charge in [-0.15, -0.1) is 11.3 Å². The minimum Gasteiger partial charge on any atom is -0.464 e. The molecule has 2 aromatic rings. The molecule has 1 atom stereocenters. The maximum absolute atomic E-state index is 5.76. The Bertz CT molecular complexity index is 630. The molecule has 3 rings (SSSR count). The van der Waals surface area contributed by atoms with Gasteiger partial charge in [0.15, 0.2) is 5.11 Å². The van der Waals surface area contributed by atoms with Crippen molar-refractivity contribution in [3.05, 3.63) is 46.0 Å². The first kappa shape index (κ1) is 12.4. The molecule has 6 heteroatoms. The van der Waals surface area contributed by atoms with Crippen LogP contribution in [-0.2, 0) is 0 Å². The van der Waals surface area contributed by atoms with Crippen LogP contribution in [0.3, 0.4) is 0 Å². The molecule has 0 radical (unpaired) electrons. The minimum atomic E-state index is -0.0386. The van der Waals surface area contributed by atoms with Gasteiger partial charge in [-0.3, -0.25) is 0 Å². The second-order valence-electron chi connectivity index (χ2n) is 4.38. The van der Waals surface area contributed by atoms with Crippen LogP contribution in [-0.4, -0.2) is 15.8 Å². The number of nitrogens with zero attached hydrogens (tertiary/aromatic N) is 2. The summed E-state index contributed by atoms with van der Waals surface area (Å²) in [5.74, 6) is 1.73. The second-order valence-corrected chi connectivity index (χ2v) is 5.74. The summed E-state index contributed by atoms with van der Waals surface area (Å²) in [6, 6.07) is 7.92. The monoisotopic (exact) mass is 291 g/mol. The Morgan fingerprint density at radius 2 is 2.37 bits per heavy atom. The predicted octanol–water partition coefficient (Wildman–Crippen LogP) is 3.04. The SMILES string of the molecule is Cc1ccc([C@H]2CC(c3cccs3)=NN2C(N)=S)o1. The summed E-state index contributed by atoms with van der Waals surface area (Å²) in [6.07, 6.45) is 0.755. The first-order chi connectivity index (χ1) is 9.15. The van der Waals surface area contributed by atoms with Gasteiger partial charge in [-0.2, -0.15) is 5.10 Å². The van der Waals surface area contributed by atoms with Crippen molar-refractivity contribution < 1.29 is 4.42 Å². The van der Waals surface area contributed by atoms with Gasteiger partial charge in [0, 0.05) is 6.42 Å². The first-order valence-electron chi connectivity index (χ1n) is 5.91. The van der Waals surface area contributed by atoms with E-state index >= 15 is 0 Å². The average Bonchev–Trinajstić information content (AvgIpc) is 3.07. The highest BCUT2D eigenvalue weighted by molar-refractivity contribution is 7.80. The first-order valence-corrected chi connectivity index (χ1v) is 7.20. The molecule has 0 fully saturated rings. The summed E-state index contributed by atoms with van der Waals surface area (Å²) >= 11 is 6.74. The van der Waals surface area contributed by atoms with Crippen molar-refractivity contribution >= 4 is 34.4 Å². The molecule has 1 aliphatic rings. The van der Waals surface area contributed by atoms with E-state index in [-0.39, 0.29) is 11.2 Å². The fraction of sp³-hybridized carbons (Fsp3) is 0.231. The Morgan fingerprint density at radius 1 is 1.53 bits per heavy atom. The molecule has 19 heavy (non-hydrogen) atoms. The van der Waals surface area contributed by atoms with Crippen molar-refractivity contribution in [2.24, 2.45) is 10.8 Å². The zero-order valence-corrected chi connectivity index (χ0v) is 12.0. The van der Waals surface area contributed by atoms with Crippen LogP contribution in [0.5, 0.6) is 0 Å². The number of thiophene rings is 1. The van der Waals surface area contributed by atoms with E-state index in [0.717, 1.165) is 28.5 Å². The number of furan rings is 1. The van der Waals surface area contributed by atoms with Crippen LogP contribution in [0.4, 0.5) is 0 Å². The minimum absolute atomic E-state index is 0.0386. The van der Waals surface area contributed by atoms with Gasteiger partial charge in [0.1, 0.15) is 17.6 Å². The van der Waals surface area contributed by atoms with Crippen LogP contribution >= 0.6 is 23.6 Å². The van der Waals surface area contributed by atoms with Crippen LogP contribution in [0, 0.1) is 6.92 Å². The van der Waals surface area contributed by atoms with Crippen molar-refractivity contribution in [2.45, 2.75) is 19.4 Å². The van der Waals surface area contributed by atoms with E-state index in [2.05, 4.69) is 11.2 Å². The van der Waals surface area contributed by atoms with Crippen LogP contribution in [0.1, 0.15) is 28.9 Å². The molecular weight excluding hydrogens is 278 g/mol. The molecule has 0 aliphatic carbocycles. The van der Waals surface area contributed by atoms with Gasteiger partial charge in [-0.05, 0) is 42.7 Å². The highest BCUT2D eigenvalue weighted by Gasteiger charge is 2.32. The lowest BCUT2D eigenvalue weighted by molar-refractivity contribution is 0.311. The molecule has 4 nitrogen and oxygen atoms in total. The van der Waals surface area contributed by atoms with E-state index in [1.54, 1.807) is 16.3 Å². The van der Waals surface area contributed by atoms with Crippen molar-refractivity contribution in [1.82, 2.24) is 5.01 Å². The number of thiocarbonyl (C=S) groups is 1. The van der Waals surface area contributed by atoms with Crippen molar-refractivity contribution in [1.29, 1.82) is 0 Å². The highest BCUT2D eigenvalue weighted by atomic mass is 32.1. The zero-order chi connectivity index (χ0) is 13.4. The number of nitrogens with two attached hydrogens (primary N) is 1. The van der Waals surface area contributed by atoms with E-state index in [9.17, 15) is 0 Å². The smallest absolute Gasteiger partial charge is 0.187 e. The van der Waals surface area contributed by atoms with E-state index in [1.807, 2.05) is 30.5 Å². The topological polar surface area (TPSA) is 54.8 Å². The van der Waals surface area contributed by atoms with Crippen molar-refractivity contribution in [2.75, 3.05) is 0 Å². The third-order valence-electron chi connectivity index (χ3n) is 3.03. The van der Waals surface area contributed by atoms with Crippen molar-refractivity contribution in [3.8, 4) is 0 Å². The molecule has 2 aromatic heterocycles. The van der Waals surface area contributed by atoms with E-state index in [4.69, 9.17) is 22.4 Å². The maximum atomic E-state index is 5.76. The Kier molecular flexibility index (Phi) is 3.12. The third kappa shape index (κ3) is 2.29. The Hall–Kier alpha value is -1.66. The van der Waals surface area contributed by atoms with E-state index < -0.39 is 0 Å². The summed E-state index contributed by atoms with van der Waals surface area (Å²) in [6.45, 7) is 1.92. The van der Waals surface area contributed by atoms with Crippen LogP contribution in [0.15, 0.2) is 39.2 Å². The Balaban J connectivity index is 1.93. The van der Waals surface area contributed by atoms with Gasteiger partial charge >= 0.3 is 0 Å². The molecule has 0 bridgehead atoms. The van der Waals surface area contributed by atoms with Gasteiger partial charge in [-0.25, -0.2) is 5.01 Å². The standard InChI is InChI=1S/C13H13N3OS2/c1-8-4-5-11(17-8)10-7-9(12-3-2-6-19-12)15-16(10)13(14)18/h2-6,10H,7H2,1H3,(H2,14,18)/t10-/m1/s1. The second kappa shape index (κ2) is 4.79. The zero-order valence-electron chi connectivity index (χ0n) is 10.4. The Labute approximate surface area is 120 Å². The third-order valence-corrected chi connectivity index (χ3v) is 4.14. The Morgan fingerprint density at radius 3 is 2.95 bits per heavy atom. The average molecular weight is 291 g/mol. The summed E-state index contributed by atoms with van der Waals surface area (Å²) in [7, 11) is 0. The quantitative estimate of drug-likeness (QED) is 0.864. The van der Waals surface area contributed by atoms with Gasteiger partial charge in [0.25, 0.3) is 0 Å². The molecule has 2 N–H and O–H groups in total. The van der Waals surface area contributed by atoms with Gasteiger partial charge in [-0.1, -0.05) is 6.07 Å². The molecule has 0 saturated carbocycles. The molecule has 3 heterocycles. The van der Waals surface area contributed by atoms with Crippen LogP contribution < -0.4 is 5.73 Å². The summed E-state index contributed by atoms with van der Waals surface area (Å²) in [5.41, 5.74) is 6.76. The molecule has 0 amide bonds. The number of rotatable bonds is 2. The molecule has 0 saturated heterocycles. The molecule has 98 valence electrons. The van der Waals surface area contributed by atoms with Crippen LogP contribution in [0.2, 0.25) is 0 Å². The lowest BCUT2D eigenvalue weighted by Gasteiger charge is -2.19. The molecule has 0 unspecified atom stereocenters. The molecular formula is C13H13N3OS2. The number of hydrogen-bond donors (Lipinski definition) is 1. The van der Waals surface area contributed by atoms with Crippen molar-refractivity contribution in [3.63, 3.8) is 0 Å². The summed E-state index contributed by atoms with van der Waals surface area (Å²) < 4.78 is 5.69. The fourth-order valence-electron chi connectivity index (χ4n) is 2.16. The fourth-order valence-corrected chi connectivity index (χ4v) is 3.05. The number of hydrogen-bond acceptors (Lipinski definition) is 4. The van der Waals surface area contributed by atoms with Gasteiger partial charge in [0.05, 0.1) is 10.6 Å². The van der Waals surface area contributed by atoms with E-state index in [1.165, 1.54) is 0 Å². The lowest BCUT2D eigenvalue weighted by Crippen LogP contribution is -2.31. The largest absolute Gasteiger partial charge is 0.464 e. The van der Waals surface area contributed by atoms with E-state index in [0.29, 0.717) is 0 Å². The van der Waals surface area contributed by atoms with Crippen LogP contribution in [0.25, 0.3) is 0 Å².